The summed E-state index contributed by atoms with van der Waals surface area (Å²) in [5.41, 5.74) is 2.78. The van der Waals surface area contributed by atoms with E-state index in [0.29, 0.717) is 12.1 Å². The Balaban J connectivity index is 1.63. The number of nitrogens with zero attached hydrogens (tertiary/aromatic N) is 2. The molecule has 2 aliphatic heterocycles. The number of hydrogen-bond acceptors (Lipinski definition) is 3. The Morgan fingerprint density at radius 2 is 1.48 bits per heavy atom. The Labute approximate surface area is 129 Å². The molecule has 2 heterocycles. The van der Waals surface area contributed by atoms with Gasteiger partial charge in [0.25, 0.3) is 0 Å². The predicted molar refractivity (Wildman–Crippen MR) is 91.4 cm³/mol. The first-order chi connectivity index (χ1) is 10.2. The maximum atomic E-state index is 3.69. The molecule has 0 bridgehead atoms. The van der Waals surface area contributed by atoms with Crippen LogP contribution in [0.1, 0.15) is 39.5 Å². The van der Waals surface area contributed by atoms with Gasteiger partial charge in [-0.2, -0.15) is 0 Å². The van der Waals surface area contributed by atoms with Gasteiger partial charge in [0.05, 0.1) is 0 Å². The van der Waals surface area contributed by atoms with E-state index >= 15 is 0 Å². The van der Waals surface area contributed by atoms with E-state index in [-0.39, 0.29) is 0 Å². The van der Waals surface area contributed by atoms with Gasteiger partial charge >= 0.3 is 0 Å². The SMILES string of the molecule is CC(C)NC1CCCN(c2ccc(N3CCCC3)cc2)C1. The topological polar surface area (TPSA) is 18.5 Å². The van der Waals surface area contributed by atoms with Gasteiger partial charge in [0.15, 0.2) is 0 Å². The number of hydrogen-bond donors (Lipinski definition) is 1. The van der Waals surface area contributed by atoms with Gasteiger partial charge in [-0.1, -0.05) is 13.8 Å². The molecule has 3 nitrogen and oxygen atoms in total. The maximum Gasteiger partial charge on any atom is 0.0368 e. The molecule has 0 aromatic heterocycles. The summed E-state index contributed by atoms with van der Waals surface area (Å²) < 4.78 is 0. The Bertz CT molecular complexity index is 434. The standard InChI is InChI=1S/C18H29N3/c1-15(2)19-16-6-5-13-21(14-16)18-9-7-17(8-10-18)20-11-3-4-12-20/h7-10,15-16,19H,3-6,11-14H2,1-2H3. The summed E-state index contributed by atoms with van der Waals surface area (Å²) in [5, 5.41) is 3.69. The lowest BCUT2D eigenvalue weighted by atomic mass is 10.0. The van der Waals surface area contributed by atoms with Crippen LogP contribution in [0.2, 0.25) is 0 Å². The molecule has 1 atom stereocenters. The van der Waals surface area contributed by atoms with Crippen LogP contribution in [0.15, 0.2) is 24.3 Å². The summed E-state index contributed by atoms with van der Waals surface area (Å²) in [7, 11) is 0. The lowest BCUT2D eigenvalue weighted by Gasteiger charge is -2.36. The summed E-state index contributed by atoms with van der Waals surface area (Å²) in [6, 6.07) is 10.4. The average molecular weight is 287 g/mol. The third kappa shape index (κ3) is 3.70. The van der Waals surface area contributed by atoms with Crippen LogP contribution in [-0.4, -0.2) is 38.3 Å². The van der Waals surface area contributed by atoms with Crippen LogP contribution in [0, 0.1) is 0 Å². The monoisotopic (exact) mass is 287 g/mol. The third-order valence-electron chi connectivity index (χ3n) is 4.68. The van der Waals surface area contributed by atoms with Crippen molar-refractivity contribution in [3.8, 4) is 0 Å². The number of anilines is 2. The first-order valence-corrected chi connectivity index (χ1v) is 8.58. The Morgan fingerprint density at radius 1 is 0.905 bits per heavy atom. The van der Waals surface area contributed by atoms with Gasteiger partial charge in [0, 0.05) is 49.6 Å². The fourth-order valence-electron chi connectivity index (χ4n) is 3.67. The highest BCUT2D eigenvalue weighted by atomic mass is 15.2. The van der Waals surface area contributed by atoms with Gasteiger partial charge in [-0.05, 0) is 49.9 Å². The van der Waals surface area contributed by atoms with E-state index in [9.17, 15) is 0 Å². The van der Waals surface area contributed by atoms with E-state index in [2.05, 4.69) is 53.2 Å². The second kappa shape index (κ2) is 6.69. The molecule has 1 aromatic rings. The molecule has 21 heavy (non-hydrogen) atoms. The van der Waals surface area contributed by atoms with Crippen molar-refractivity contribution in [3.63, 3.8) is 0 Å². The Morgan fingerprint density at radius 3 is 2.10 bits per heavy atom. The molecule has 3 rings (SSSR count). The minimum absolute atomic E-state index is 0.576. The first kappa shape index (κ1) is 14.7. The van der Waals surface area contributed by atoms with Crippen molar-refractivity contribution < 1.29 is 0 Å². The first-order valence-electron chi connectivity index (χ1n) is 8.58. The van der Waals surface area contributed by atoms with Crippen LogP contribution < -0.4 is 15.1 Å². The molecule has 0 spiro atoms. The minimum Gasteiger partial charge on any atom is -0.372 e. The molecule has 0 amide bonds. The van der Waals surface area contributed by atoms with Gasteiger partial charge in [0.2, 0.25) is 0 Å². The molecule has 2 aliphatic rings. The molecule has 1 N–H and O–H groups in total. The van der Waals surface area contributed by atoms with Crippen LogP contribution in [0.3, 0.4) is 0 Å². The molecule has 3 heteroatoms. The van der Waals surface area contributed by atoms with Crippen molar-refractivity contribution in [2.75, 3.05) is 36.0 Å². The number of benzene rings is 1. The second-order valence-corrected chi connectivity index (χ2v) is 6.82. The van der Waals surface area contributed by atoms with Gasteiger partial charge in [0.1, 0.15) is 0 Å². The quantitative estimate of drug-likeness (QED) is 0.917. The Kier molecular flexibility index (Phi) is 4.69. The molecule has 1 aromatic carbocycles. The van der Waals surface area contributed by atoms with Gasteiger partial charge in [-0.25, -0.2) is 0 Å². The summed E-state index contributed by atoms with van der Waals surface area (Å²) >= 11 is 0. The van der Waals surface area contributed by atoms with E-state index in [4.69, 9.17) is 0 Å². The van der Waals surface area contributed by atoms with Gasteiger partial charge < -0.3 is 15.1 Å². The van der Waals surface area contributed by atoms with Crippen molar-refractivity contribution in [2.24, 2.45) is 0 Å². The molecule has 1 unspecified atom stereocenters. The predicted octanol–water partition coefficient (Wildman–Crippen LogP) is 3.25. The van der Waals surface area contributed by atoms with Crippen LogP contribution in [0.4, 0.5) is 11.4 Å². The fourth-order valence-corrected chi connectivity index (χ4v) is 3.67. The fraction of sp³-hybridized carbons (Fsp3) is 0.667. The summed E-state index contributed by atoms with van der Waals surface area (Å²) in [4.78, 5) is 5.04. The summed E-state index contributed by atoms with van der Waals surface area (Å²) in [6.07, 6.45) is 5.28. The van der Waals surface area contributed by atoms with Crippen molar-refractivity contribution >= 4 is 11.4 Å². The third-order valence-corrected chi connectivity index (χ3v) is 4.68. The highest BCUT2D eigenvalue weighted by Crippen LogP contribution is 2.25. The molecule has 0 saturated carbocycles. The molecular weight excluding hydrogens is 258 g/mol. The zero-order valence-electron chi connectivity index (χ0n) is 13.5. The molecular formula is C18H29N3. The maximum absolute atomic E-state index is 3.69. The molecule has 0 aliphatic carbocycles. The van der Waals surface area contributed by atoms with Crippen molar-refractivity contribution in [1.82, 2.24) is 5.32 Å². The van der Waals surface area contributed by atoms with E-state index < -0.39 is 0 Å². The average Bonchev–Trinajstić information content (AvgIpc) is 3.01. The number of rotatable bonds is 4. The number of nitrogens with one attached hydrogen (secondary N) is 1. The lowest BCUT2D eigenvalue weighted by Crippen LogP contribution is -2.47. The normalized spacial score (nSPS) is 23.1. The van der Waals surface area contributed by atoms with E-state index in [1.165, 1.54) is 56.7 Å². The van der Waals surface area contributed by atoms with Crippen LogP contribution in [0.25, 0.3) is 0 Å². The van der Waals surface area contributed by atoms with Crippen molar-refractivity contribution in [1.29, 1.82) is 0 Å². The molecule has 116 valence electrons. The lowest BCUT2D eigenvalue weighted by molar-refractivity contribution is 0.395. The van der Waals surface area contributed by atoms with Gasteiger partial charge in [-0.3, -0.25) is 0 Å². The molecule has 0 radical (unpaired) electrons. The van der Waals surface area contributed by atoms with E-state index in [1.807, 2.05) is 0 Å². The summed E-state index contributed by atoms with van der Waals surface area (Å²) in [6.45, 7) is 9.26. The highest BCUT2D eigenvalue weighted by Gasteiger charge is 2.20. The number of piperidine rings is 1. The molecule has 2 fully saturated rings. The van der Waals surface area contributed by atoms with Crippen LogP contribution in [-0.2, 0) is 0 Å². The Hall–Kier alpha value is -1.22. The van der Waals surface area contributed by atoms with Crippen molar-refractivity contribution in [3.05, 3.63) is 24.3 Å². The zero-order valence-corrected chi connectivity index (χ0v) is 13.5. The smallest absolute Gasteiger partial charge is 0.0368 e. The zero-order chi connectivity index (χ0) is 14.7. The van der Waals surface area contributed by atoms with Crippen molar-refractivity contribution in [2.45, 2.75) is 51.6 Å². The highest BCUT2D eigenvalue weighted by molar-refractivity contribution is 5.57. The van der Waals surface area contributed by atoms with E-state index in [1.54, 1.807) is 0 Å². The van der Waals surface area contributed by atoms with E-state index in [0.717, 1.165) is 6.54 Å². The molecule has 2 saturated heterocycles. The van der Waals surface area contributed by atoms with Crippen LogP contribution >= 0.6 is 0 Å². The van der Waals surface area contributed by atoms with Crippen LogP contribution in [0.5, 0.6) is 0 Å². The minimum atomic E-state index is 0.576. The summed E-state index contributed by atoms with van der Waals surface area (Å²) in [5.74, 6) is 0. The largest absolute Gasteiger partial charge is 0.372 e. The van der Waals surface area contributed by atoms with Gasteiger partial charge in [-0.15, -0.1) is 0 Å². The second-order valence-electron chi connectivity index (χ2n) is 6.82.